The Morgan fingerprint density at radius 2 is 1.88 bits per heavy atom. The summed E-state index contributed by atoms with van der Waals surface area (Å²) >= 11 is 12.0. The highest BCUT2D eigenvalue weighted by atomic mass is 35.5. The molecular weight excluding hydrogens is 478 g/mol. The van der Waals surface area contributed by atoms with Crippen LogP contribution in [0.1, 0.15) is 24.0 Å². The first-order valence-corrected chi connectivity index (χ1v) is 11.2. The van der Waals surface area contributed by atoms with Crippen molar-refractivity contribution in [3.8, 4) is 5.75 Å². The van der Waals surface area contributed by atoms with Crippen LogP contribution in [0.2, 0.25) is 10.0 Å². The number of carbonyl (C=O) groups excluding carboxylic acids is 1. The first-order valence-electron chi connectivity index (χ1n) is 10.4. The van der Waals surface area contributed by atoms with Crippen LogP contribution < -0.4 is 20.3 Å². The number of nitrogens with two attached hydrogens (primary N) is 1. The first kappa shape index (κ1) is 23.9. The third kappa shape index (κ3) is 4.71. The molecular formula is C23H23Cl2F3N3O2+. The summed E-state index contributed by atoms with van der Waals surface area (Å²) in [5, 5.41) is 4.13. The van der Waals surface area contributed by atoms with Crippen LogP contribution in [0.15, 0.2) is 42.5 Å². The highest BCUT2D eigenvalue weighted by Crippen LogP contribution is 2.51. The van der Waals surface area contributed by atoms with Gasteiger partial charge < -0.3 is 15.8 Å². The van der Waals surface area contributed by atoms with E-state index in [1.54, 1.807) is 18.2 Å². The van der Waals surface area contributed by atoms with Crippen molar-refractivity contribution in [1.29, 1.82) is 0 Å². The van der Waals surface area contributed by atoms with Gasteiger partial charge in [0.15, 0.2) is 0 Å². The van der Waals surface area contributed by atoms with Crippen molar-refractivity contribution in [3.05, 3.63) is 63.6 Å². The van der Waals surface area contributed by atoms with Crippen LogP contribution in [-0.2, 0) is 5.41 Å². The lowest BCUT2D eigenvalue weighted by molar-refractivity contribution is -0.274. The van der Waals surface area contributed by atoms with E-state index in [-0.39, 0.29) is 16.8 Å². The number of primary amides is 1. The number of hydrogen-bond acceptors (Lipinski definition) is 3. The highest BCUT2D eigenvalue weighted by molar-refractivity contribution is 6.42. The molecule has 1 saturated heterocycles. The summed E-state index contributed by atoms with van der Waals surface area (Å²) in [7, 11) is 0. The second kappa shape index (κ2) is 8.83. The SMILES string of the molecule is NC(=O)[N+]1(CC=Cc2ccc(Cl)c(Cl)c2)CC2(CCNCC2)c2cc(OC(F)(F)F)ccc21. The summed E-state index contributed by atoms with van der Waals surface area (Å²) in [6.07, 6.45) is 0.207. The molecule has 33 heavy (non-hydrogen) atoms. The van der Waals surface area contributed by atoms with Gasteiger partial charge in [-0.15, -0.1) is 13.2 Å². The van der Waals surface area contributed by atoms with Gasteiger partial charge >= 0.3 is 12.4 Å². The lowest BCUT2D eigenvalue weighted by atomic mass is 9.74. The number of amides is 2. The van der Waals surface area contributed by atoms with Crippen molar-refractivity contribution in [1.82, 2.24) is 9.80 Å². The summed E-state index contributed by atoms with van der Waals surface area (Å²) < 4.78 is 42.5. The average Bonchev–Trinajstić information content (AvgIpc) is 3.00. The van der Waals surface area contributed by atoms with E-state index in [1.807, 2.05) is 12.2 Å². The molecule has 0 bridgehead atoms. The van der Waals surface area contributed by atoms with Crippen molar-refractivity contribution >= 4 is 41.0 Å². The molecule has 0 radical (unpaired) electrons. The fourth-order valence-corrected chi connectivity index (χ4v) is 5.27. The van der Waals surface area contributed by atoms with Crippen molar-refractivity contribution in [2.75, 3.05) is 26.2 Å². The zero-order valence-corrected chi connectivity index (χ0v) is 19.1. The van der Waals surface area contributed by atoms with Crippen LogP contribution in [-0.4, -0.2) is 38.6 Å². The van der Waals surface area contributed by atoms with E-state index in [1.165, 1.54) is 18.2 Å². The lowest BCUT2D eigenvalue weighted by Gasteiger charge is -2.35. The largest absolute Gasteiger partial charge is 0.573 e. The Morgan fingerprint density at radius 3 is 2.52 bits per heavy atom. The molecule has 2 aliphatic heterocycles. The Morgan fingerprint density at radius 1 is 1.15 bits per heavy atom. The molecule has 1 fully saturated rings. The molecule has 1 unspecified atom stereocenters. The van der Waals surface area contributed by atoms with E-state index in [9.17, 15) is 18.0 Å². The Kier molecular flexibility index (Phi) is 6.39. The van der Waals surface area contributed by atoms with Gasteiger partial charge in [0.25, 0.3) is 0 Å². The van der Waals surface area contributed by atoms with Crippen molar-refractivity contribution < 1.29 is 22.7 Å². The molecule has 2 heterocycles. The third-order valence-corrected chi connectivity index (χ3v) is 7.20. The quantitative estimate of drug-likeness (QED) is 0.535. The van der Waals surface area contributed by atoms with E-state index < -0.39 is 17.8 Å². The van der Waals surface area contributed by atoms with Gasteiger partial charge in [-0.25, -0.2) is 9.28 Å². The Bertz CT molecular complexity index is 1100. The normalized spacial score (nSPS) is 22.0. The first-order chi connectivity index (χ1) is 15.5. The number of carbonyl (C=O) groups is 1. The van der Waals surface area contributed by atoms with E-state index in [2.05, 4.69) is 10.1 Å². The molecule has 1 atom stereocenters. The van der Waals surface area contributed by atoms with Gasteiger partial charge in [-0.2, -0.15) is 0 Å². The number of hydrogen-bond donors (Lipinski definition) is 2. The average molecular weight is 501 g/mol. The molecule has 10 heteroatoms. The van der Waals surface area contributed by atoms with Crippen LogP contribution >= 0.6 is 23.2 Å². The van der Waals surface area contributed by atoms with E-state index in [0.29, 0.717) is 53.8 Å². The number of benzene rings is 2. The molecule has 2 amide bonds. The van der Waals surface area contributed by atoms with Crippen molar-refractivity contribution in [2.24, 2.45) is 5.73 Å². The second-order valence-corrected chi connectivity index (χ2v) is 9.29. The molecule has 2 aromatic rings. The van der Waals surface area contributed by atoms with E-state index in [4.69, 9.17) is 28.9 Å². The maximum atomic E-state index is 12.9. The molecule has 5 nitrogen and oxygen atoms in total. The van der Waals surface area contributed by atoms with Crippen LogP contribution in [0.25, 0.3) is 6.08 Å². The smallest absolute Gasteiger partial charge is 0.406 e. The number of alkyl halides is 3. The molecule has 0 saturated carbocycles. The lowest BCUT2D eigenvalue weighted by Crippen LogP contribution is -2.59. The number of rotatable bonds is 4. The molecule has 2 aromatic carbocycles. The van der Waals surface area contributed by atoms with Crippen LogP contribution in [0, 0.1) is 0 Å². The molecule has 3 N–H and O–H groups in total. The summed E-state index contributed by atoms with van der Waals surface area (Å²) in [6.45, 7) is 2.01. The fraction of sp³-hybridized carbons (Fsp3) is 0.348. The zero-order valence-electron chi connectivity index (χ0n) is 17.6. The maximum Gasteiger partial charge on any atom is 0.573 e. The Labute approximate surface area is 199 Å². The number of urea groups is 1. The van der Waals surface area contributed by atoms with Gasteiger partial charge in [0.1, 0.15) is 24.5 Å². The van der Waals surface area contributed by atoms with Gasteiger partial charge in [0, 0.05) is 11.6 Å². The minimum Gasteiger partial charge on any atom is -0.406 e. The number of nitrogens with one attached hydrogen (secondary N) is 1. The standard InChI is InChI=1S/C23H22Cl2F3N3O2/c24-18-5-3-15(12-19(18)25)2-1-11-31(21(29)32)14-22(7-9-30-10-8-22)17-13-16(4-6-20(17)31)33-23(26,27)28/h1-6,12-13,30H,7-11,14H2,(H-,29,32)/p+1. The fourth-order valence-electron chi connectivity index (χ4n) is 4.96. The molecule has 4 rings (SSSR count). The van der Waals surface area contributed by atoms with E-state index >= 15 is 0 Å². The number of nitrogens with zero attached hydrogens (tertiary/aromatic N) is 1. The second-order valence-electron chi connectivity index (χ2n) is 8.48. The monoisotopic (exact) mass is 500 g/mol. The van der Waals surface area contributed by atoms with Gasteiger partial charge in [0.2, 0.25) is 0 Å². The maximum absolute atomic E-state index is 12.9. The summed E-state index contributed by atoms with van der Waals surface area (Å²) in [5.41, 5.74) is 7.56. The predicted octanol–water partition coefficient (Wildman–Crippen LogP) is 5.63. The number of halogens is 5. The highest BCUT2D eigenvalue weighted by Gasteiger charge is 2.56. The minimum atomic E-state index is -4.80. The number of ether oxygens (including phenoxy) is 1. The zero-order chi connectivity index (χ0) is 23.9. The van der Waals surface area contributed by atoms with Gasteiger partial charge in [-0.05, 0) is 61.8 Å². The number of quaternary nitrogens is 1. The predicted molar refractivity (Wildman–Crippen MR) is 124 cm³/mol. The number of fused-ring (bicyclic) bond motifs is 2. The third-order valence-electron chi connectivity index (χ3n) is 6.46. The molecule has 176 valence electrons. The molecule has 1 spiro atoms. The topological polar surface area (TPSA) is 64.4 Å². The molecule has 0 aromatic heterocycles. The van der Waals surface area contributed by atoms with E-state index in [0.717, 1.165) is 5.56 Å². The Hall–Kier alpha value is -2.26. The van der Waals surface area contributed by atoms with Crippen LogP contribution in [0.4, 0.5) is 23.7 Å². The summed E-state index contributed by atoms with van der Waals surface area (Å²) in [5.74, 6) is -0.296. The molecule has 0 aliphatic carbocycles. The van der Waals surface area contributed by atoms with Crippen LogP contribution in [0.3, 0.4) is 0 Å². The molecule has 2 aliphatic rings. The number of piperidine rings is 1. The Balaban J connectivity index is 1.73. The van der Waals surface area contributed by atoms with Crippen molar-refractivity contribution in [3.63, 3.8) is 0 Å². The van der Waals surface area contributed by atoms with Gasteiger partial charge in [0.05, 0.1) is 15.5 Å². The summed E-state index contributed by atoms with van der Waals surface area (Å²) in [4.78, 5) is 12.9. The van der Waals surface area contributed by atoms with Gasteiger partial charge in [-0.3, -0.25) is 0 Å². The van der Waals surface area contributed by atoms with Crippen molar-refractivity contribution in [2.45, 2.75) is 24.6 Å². The van der Waals surface area contributed by atoms with Crippen LogP contribution in [0.5, 0.6) is 5.75 Å². The van der Waals surface area contributed by atoms with Gasteiger partial charge in [-0.1, -0.05) is 35.3 Å². The minimum absolute atomic E-state index is 0.181. The summed E-state index contributed by atoms with van der Waals surface area (Å²) in [6, 6.07) is 8.82.